The van der Waals surface area contributed by atoms with E-state index in [4.69, 9.17) is 10.00 Å². The van der Waals surface area contributed by atoms with Crippen LogP contribution in [0, 0.1) is 11.3 Å². The highest BCUT2D eigenvalue weighted by Crippen LogP contribution is 2.16. The molecule has 0 aliphatic heterocycles. The molecule has 0 bridgehead atoms. The van der Waals surface area contributed by atoms with E-state index in [0.29, 0.717) is 11.3 Å². The zero-order valence-corrected chi connectivity index (χ0v) is 15.5. The molecule has 0 aromatic heterocycles. The van der Waals surface area contributed by atoms with E-state index in [9.17, 15) is 14.4 Å². The van der Waals surface area contributed by atoms with Gasteiger partial charge in [0.15, 0.2) is 6.10 Å². The molecule has 2 amide bonds. The van der Waals surface area contributed by atoms with Crippen LogP contribution in [0.5, 0.6) is 0 Å². The first-order valence-electron chi connectivity index (χ1n) is 8.79. The van der Waals surface area contributed by atoms with Crippen molar-refractivity contribution in [1.82, 2.24) is 5.32 Å². The van der Waals surface area contributed by atoms with E-state index in [1.165, 1.54) is 11.8 Å². The molecule has 144 valence electrons. The van der Waals surface area contributed by atoms with Crippen LogP contribution in [-0.2, 0) is 14.3 Å². The summed E-state index contributed by atoms with van der Waals surface area (Å²) in [6, 6.07) is 19.3. The second-order valence-corrected chi connectivity index (χ2v) is 5.91. The minimum atomic E-state index is -1.06. The predicted molar refractivity (Wildman–Crippen MR) is 103 cm³/mol. The Morgan fingerprint density at radius 1 is 1.07 bits per heavy atom. The highest BCUT2D eigenvalue weighted by atomic mass is 16.5. The van der Waals surface area contributed by atoms with Crippen LogP contribution in [0.1, 0.15) is 23.7 Å². The molecule has 0 fully saturated rings. The van der Waals surface area contributed by atoms with Crippen LogP contribution in [0.15, 0.2) is 60.7 Å². The van der Waals surface area contributed by atoms with Gasteiger partial charge in [-0.2, -0.15) is 5.26 Å². The van der Waals surface area contributed by atoms with E-state index in [1.54, 1.807) is 54.6 Å². The normalized spacial score (nSPS) is 11.0. The van der Waals surface area contributed by atoms with E-state index in [1.807, 2.05) is 12.1 Å². The van der Waals surface area contributed by atoms with E-state index >= 15 is 0 Å². The molecule has 1 unspecified atom stereocenters. The Kier molecular flexibility index (Phi) is 7.73. The highest BCUT2D eigenvalue weighted by molar-refractivity contribution is 5.98. The average molecular weight is 379 g/mol. The number of ether oxygens (including phenoxy) is 1. The van der Waals surface area contributed by atoms with Crippen molar-refractivity contribution in [3.63, 3.8) is 0 Å². The third-order valence-corrected chi connectivity index (χ3v) is 3.87. The van der Waals surface area contributed by atoms with E-state index in [2.05, 4.69) is 5.32 Å². The van der Waals surface area contributed by atoms with Crippen LogP contribution in [-0.4, -0.2) is 37.0 Å². The van der Waals surface area contributed by atoms with Gasteiger partial charge in [0.25, 0.3) is 11.8 Å². The van der Waals surface area contributed by atoms with Gasteiger partial charge >= 0.3 is 5.97 Å². The number of nitrogens with one attached hydrogen (secondary N) is 1. The summed E-state index contributed by atoms with van der Waals surface area (Å²) in [6.07, 6.45) is -0.908. The first-order valence-corrected chi connectivity index (χ1v) is 8.79. The van der Waals surface area contributed by atoms with Crippen LogP contribution < -0.4 is 10.2 Å². The molecule has 1 N–H and O–H groups in total. The lowest BCUT2D eigenvalue weighted by molar-refractivity contribution is -0.152. The fourth-order valence-corrected chi connectivity index (χ4v) is 2.49. The molecule has 7 nitrogen and oxygen atoms in total. The van der Waals surface area contributed by atoms with Crippen LogP contribution >= 0.6 is 0 Å². The van der Waals surface area contributed by atoms with Crippen molar-refractivity contribution in [2.45, 2.75) is 19.4 Å². The molecule has 0 aliphatic rings. The Bertz CT molecular complexity index is 847. The summed E-state index contributed by atoms with van der Waals surface area (Å²) >= 11 is 0. The number of anilines is 1. The van der Waals surface area contributed by atoms with Gasteiger partial charge in [0.05, 0.1) is 12.5 Å². The molecule has 0 saturated carbocycles. The number of hydrogen-bond donors (Lipinski definition) is 1. The van der Waals surface area contributed by atoms with Crippen molar-refractivity contribution in [1.29, 1.82) is 5.26 Å². The first kappa shape index (κ1) is 20.6. The minimum Gasteiger partial charge on any atom is -0.451 e. The molecule has 28 heavy (non-hydrogen) atoms. The van der Waals surface area contributed by atoms with Gasteiger partial charge in [-0.15, -0.1) is 0 Å². The van der Waals surface area contributed by atoms with Crippen molar-refractivity contribution >= 4 is 23.5 Å². The monoisotopic (exact) mass is 379 g/mol. The number of amides is 2. The third kappa shape index (κ3) is 5.95. The van der Waals surface area contributed by atoms with Crippen molar-refractivity contribution in [2.75, 3.05) is 18.0 Å². The van der Waals surface area contributed by atoms with Crippen LogP contribution in [0.4, 0.5) is 5.69 Å². The van der Waals surface area contributed by atoms with Gasteiger partial charge in [0, 0.05) is 17.8 Å². The van der Waals surface area contributed by atoms with Gasteiger partial charge < -0.3 is 15.0 Å². The molecule has 2 rings (SSSR count). The molecule has 1 atom stereocenters. The summed E-state index contributed by atoms with van der Waals surface area (Å²) in [6.45, 7) is 1.29. The zero-order chi connectivity index (χ0) is 20.4. The number of nitriles is 1. The zero-order valence-electron chi connectivity index (χ0n) is 15.5. The smallest absolute Gasteiger partial charge is 0.326 e. The van der Waals surface area contributed by atoms with Gasteiger partial charge in [-0.25, -0.2) is 0 Å². The molecule has 0 radical (unpaired) electrons. The summed E-state index contributed by atoms with van der Waals surface area (Å²) in [4.78, 5) is 38.1. The predicted octanol–water partition coefficient (Wildman–Crippen LogP) is 2.29. The SMILES string of the molecule is CC(OC(=O)CNC(=O)c1ccccc1)C(=O)N(CCC#N)c1ccccc1. The Hall–Kier alpha value is -3.66. The van der Waals surface area contributed by atoms with Gasteiger partial charge in [-0.05, 0) is 31.2 Å². The number of rotatable bonds is 8. The number of hydrogen-bond acceptors (Lipinski definition) is 5. The molecule has 0 spiro atoms. The first-order chi connectivity index (χ1) is 13.5. The van der Waals surface area contributed by atoms with Gasteiger partial charge in [0.1, 0.15) is 6.54 Å². The molecule has 2 aromatic rings. The van der Waals surface area contributed by atoms with E-state index in [-0.39, 0.29) is 19.5 Å². The van der Waals surface area contributed by atoms with Crippen LogP contribution in [0.25, 0.3) is 0 Å². The Morgan fingerprint density at radius 2 is 1.68 bits per heavy atom. The quantitative estimate of drug-likeness (QED) is 0.710. The summed E-state index contributed by atoms with van der Waals surface area (Å²) in [7, 11) is 0. The maximum atomic E-state index is 12.7. The molecule has 7 heteroatoms. The van der Waals surface area contributed by atoms with E-state index < -0.39 is 23.9 Å². The molecule has 0 aliphatic carbocycles. The molecule has 0 heterocycles. The van der Waals surface area contributed by atoms with Crippen molar-refractivity contribution < 1.29 is 19.1 Å². The Morgan fingerprint density at radius 3 is 2.29 bits per heavy atom. The molecule has 2 aromatic carbocycles. The number of carbonyl (C=O) groups is 3. The fraction of sp³-hybridized carbons (Fsp3) is 0.238. The minimum absolute atomic E-state index is 0.147. The lowest BCUT2D eigenvalue weighted by Gasteiger charge is -2.25. The number of carbonyl (C=O) groups excluding carboxylic acids is 3. The number of para-hydroxylation sites is 1. The maximum Gasteiger partial charge on any atom is 0.326 e. The number of esters is 1. The van der Waals surface area contributed by atoms with Crippen LogP contribution in [0.2, 0.25) is 0 Å². The number of benzene rings is 2. The summed E-state index contributed by atoms with van der Waals surface area (Å²) in [5, 5.41) is 11.3. The van der Waals surface area contributed by atoms with Crippen molar-refractivity contribution in [3.05, 3.63) is 66.2 Å². The van der Waals surface area contributed by atoms with Crippen molar-refractivity contribution in [3.8, 4) is 6.07 Å². The molecule has 0 saturated heterocycles. The standard InChI is InChI=1S/C21H21N3O4/c1-16(21(27)24(14-8-13-22)18-11-6-3-7-12-18)28-19(25)15-23-20(26)17-9-4-2-5-10-17/h2-7,9-12,16H,8,14-15H2,1H3,(H,23,26). The Balaban J connectivity index is 1.93. The largest absolute Gasteiger partial charge is 0.451 e. The second kappa shape index (κ2) is 10.5. The van der Waals surface area contributed by atoms with Gasteiger partial charge in [-0.3, -0.25) is 14.4 Å². The number of nitrogens with zero attached hydrogens (tertiary/aromatic N) is 2. The Labute approximate surface area is 163 Å². The summed E-state index contributed by atoms with van der Waals surface area (Å²) in [5.41, 5.74) is 1.04. The lowest BCUT2D eigenvalue weighted by atomic mass is 10.2. The fourth-order valence-electron chi connectivity index (χ4n) is 2.49. The summed E-state index contributed by atoms with van der Waals surface area (Å²) in [5.74, 6) is -1.57. The maximum absolute atomic E-state index is 12.7. The van der Waals surface area contributed by atoms with Crippen molar-refractivity contribution in [2.24, 2.45) is 0 Å². The van der Waals surface area contributed by atoms with E-state index in [0.717, 1.165) is 0 Å². The topological polar surface area (TPSA) is 99.5 Å². The average Bonchev–Trinajstić information content (AvgIpc) is 2.73. The molecular weight excluding hydrogens is 358 g/mol. The lowest BCUT2D eigenvalue weighted by Crippen LogP contribution is -2.42. The van der Waals surface area contributed by atoms with Gasteiger partial charge in [0.2, 0.25) is 0 Å². The van der Waals surface area contributed by atoms with Gasteiger partial charge in [-0.1, -0.05) is 36.4 Å². The third-order valence-electron chi connectivity index (χ3n) is 3.87. The molecular formula is C21H21N3O4. The second-order valence-electron chi connectivity index (χ2n) is 5.91. The summed E-state index contributed by atoms with van der Waals surface area (Å²) < 4.78 is 5.15. The van der Waals surface area contributed by atoms with Crippen LogP contribution in [0.3, 0.4) is 0 Å². The highest BCUT2D eigenvalue weighted by Gasteiger charge is 2.25.